The maximum Gasteiger partial charge on any atom is 0.351 e. The van der Waals surface area contributed by atoms with E-state index in [0.29, 0.717) is 0 Å². The fourth-order valence-corrected chi connectivity index (χ4v) is 4.18. The SMILES string of the molecule is CC(C)(C)[Si](C)(C)OC[C@H]1O[C@@H](n2cc(F)c(N)nc2=O)C[C@H]1OS(C)(=O)=O. The van der Waals surface area contributed by atoms with Gasteiger partial charge in [-0.2, -0.15) is 13.4 Å². The van der Waals surface area contributed by atoms with Crippen molar-refractivity contribution < 1.29 is 26.2 Å². The Morgan fingerprint density at radius 2 is 2.04 bits per heavy atom. The van der Waals surface area contributed by atoms with Gasteiger partial charge in [0.25, 0.3) is 10.1 Å². The molecule has 0 radical (unpaired) electrons. The monoisotopic (exact) mass is 437 g/mol. The van der Waals surface area contributed by atoms with Crippen LogP contribution in [-0.4, -0.2) is 51.4 Å². The summed E-state index contributed by atoms with van der Waals surface area (Å²) in [5, 5.41) is -0.0564. The summed E-state index contributed by atoms with van der Waals surface area (Å²) in [5.74, 6) is -1.38. The summed E-state index contributed by atoms with van der Waals surface area (Å²) in [7, 11) is -5.91. The van der Waals surface area contributed by atoms with E-state index < -0.39 is 54.2 Å². The molecule has 1 aromatic rings. The quantitative estimate of drug-likeness (QED) is 0.526. The number of anilines is 1. The molecule has 0 spiro atoms. The van der Waals surface area contributed by atoms with Gasteiger partial charge < -0.3 is 14.9 Å². The highest BCUT2D eigenvalue weighted by Crippen LogP contribution is 2.38. The van der Waals surface area contributed by atoms with Crippen LogP contribution in [-0.2, 0) is 23.5 Å². The summed E-state index contributed by atoms with van der Waals surface area (Å²) in [6.07, 6.45) is -0.732. The molecule has 9 nitrogen and oxygen atoms in total. The lowest BCUT2D eigenvalue weighted by Gasteiger charge is -2.37. The number of nitrogens with two attached hydrogens (primary N) is 1. The van der Waals surface area contributed by atoms with Gasteiger partial charge >= 0.3 is 5.69 Å². The molecule has 0 amide bonds. The molecule has 0 saturated carbocycles. The van der Waals surface area contributed by atoms with Crippen LogP contribution < -0.4 is 11.4 Å². The minimum absolute atomic E-state index is 0.0174. The molecular weight excluding hydrogens is 409 g/mol. The summed E-state index contributed by atoms with van der Waals surface area (Å²) in [4.78, 5) is 15.5. The average Bonchev–Trinajstić information content (AvgIpc) is 2.88. The molecule has 2 rings (SSSR count). The molecule has 1 saturated heterocycles. The van der Waals surface area contributed by atoms with E-state index in [1.54, 1.807) is 0 Å². The van der Waals surface area contributed by atoms with Crippen molar-refractivity contribution in [1.82, 2.24) is 9.55 Å². The molecule has 1 fully saturated rings. The Labute approximate surface area is 165 Å². The van der Waals surface area contributed by atoms with Crippen molar-refractivity contribution in [2.24, 2.45) is 0 Å². The van der Waals surface area contributed by atoms with Crippen molar-refractivity contribution in [2.75, 3.05) is 18.6 Å². The first-order valence-corrected chi connectivity index (χ1v) is 13.5. The van der Waals surface area contributed by atoms with Crippen LogP contribution in [0.4, 0.5) is 10.2 Å². The van der Waals surface area contributed by atoms with E-state index in [4.69, 9.17) is 19.1 Å². The van der Waals surface area contributed by atoms with Gasteiger partial charge in [0.05, 0.1) is 19.1 Å². The number of nitrogens with zero attached hydrogens (tertiary/aromatic N) is 2. The first-order chi connectivity index (χ1) is 12.6. The maximum atomic E-state index is 13.8. The molecule has 1 aromatic heterocycles. The van der Waals surface area contributed by atoms with Crippen molar-refractivity contribution >= 4 is 24.3 Å². The minimum atomic E-state index is -3.77. The smallest absolute Gasteiger partial charge is 0.351 e. The number of rotatable bonds is 6. The largest absolute Gasteiger partial charge is 0.414 e. The van der Waals surface area contributed by atoms with Crippen LogP contribution in [0.5, 0.6) is 0 Å². The maximum absolute atomic E-state index is 13.8. The number of ether oxygens (including phenoxy) is 1. The fraction of sp³-hybridized carbons (Fsp3) is 0.750. The molecule has 12 heteroatoms. The molecule has 0 aromatic carbocycles. The zero-order valence-electron chi connectivity index (χ0n) is 16.9. The van der Waals surface area contributed by atoms with Crippen LogP contribution in [0.3, 0.4) is 0 Å². The lowest BCUT2D eigenvalue weighted by Crippen LogP contribution is -2.44. The van der Waals surface area contributed by atoms with Gasteiger partial charge in [-0.15, -0.1) is 0 Å². The molecular formula is C16H28FN3O6SSi. The molecule has 2 heterocycles. The van der Waals surface area contributed by atoms with Crippen LogP contribution in [0, 0.1) is 5.82 Å². The summed E-state index contributed by atoms with van der Waals surface area (Å²) < 4.78 is 55.0. The van der Waals surface area contributed by atoms with E-state index in [1.165, 1.54) is 0 Å². The minimum Gasteiger partial charge on any atom is -0.414 e. The zero-order valence-corrected chi connectivity index (χ0v) is 18.7. The Balaban J connectivity index is 2.25. The molecule has 160 valence electrons. The Kier molecular flexibility index (Phi) is 6.41. The summed E-state index contributed by atoms with van der Waals surface area (Å²) in [5.41, 5.74) is 4.50. The van der Waals surface area contributed by atoms with Gasteiger partial charge in [-0.05, 0) is 18.1 Å². The summed E-state index contributed by atoms with van der Waals surface area (Å²) in [6.45, 7) is 10.4. The predicted octanol–water partition coefficient (Wildman–Crippen LogP) is 1.62. The van der Waals surface area contributed by atoms with Gasteiger partial charge in [-0.25, -0.2) is 9.18 Å². The highest BCUT2D eigenvalue weighted by atomic mass is 32.2. The standard InChI is InChI=1S/C16H28FN3O6SSi/c1-16(2,3)28(5,6)24-9-12-11(26-27(4,22)23)7-13(25-12)20-8-10(17)14(18)19-15(20)21/h8,11-13H,7,9H2,1-6H3,(H2,18,19,21)/t11-,12-,13-/m1/s1. The van der Waals surface area contributed by atoms with Crippen molar-refractivity contribution in [3.63, 3.8) is 0 Å². The van der Waals surface area contributed by atoms with Gasteiger partial charge in [-0.3, -0.25) is 8.75 Å². The van der Waals surface area contributed by atoms with E-state index in [0.717, 1.165) is 17.0 Å². The van der Waals surface area contributed by atoms with Crippen LogP contribution in [0.15, 0.2) is 11.0 Å². The van der Waals surface area contributed by atoms with E-state index in [1.807, 2.05) is 0 Å². The van der Waals surface area contributed by atoms with Crippen LogP contribution in [0.2, 0.25) is 18.1 Å². The third kappa shape index (κ3) is 5.38. The molecule has 28 heavy (non-hydrogen) atoms. The number of hydrogen-bond acceptors (Lipinski definition) is 8. The van der Waals surface area contributed by atoms with E-state index >= 15 is 0 Å². The highest BCUT2D eigenvalue weighted by Gasteiger charge is 2.43. The van der Waals surface area contributed by atoms with Gasteiger partial charge in [0.15, 0.2) is 20.0 Å². The Hall–Kier alpha value is -1.34. The molecule has 3 atom stereocenters. The third-order valence-corrected chi connectivity index (χ3v) is 10.2. The number of halogens is 1. The Morgan fingerprint density at radius 1 is 1.43 bits per heavy atom. The van der Waals surface area contributed by atoms with Crippen molar-refractivity contribution in [3.05, 3.63) is 22.5 Å². The second-order valence-electron chi connectivity index (χ2n) is 8.44. The topological polar surface area (TPSA) is 123 Å². The molecule has 0 unspecified atom stereocenters. The normalized spacial score (nSPS) is 23.9. The zero-order chi connectivity index (χ0) is 21.5. The first kappa shape index (κ1) is 22.9. The second-order valence-corrected chi connectivity index (χ2v) is 14.8. The molecule has 2 N–H and O–H groups in total. The third-order valence-electron chi connectivity index (χ3n) is 5.14. The lowest BCUT2D eigenvalue weighted by atomic mass is 10.2. The fourth-order valence-electron chi connectivity index (χ4n) is 2.52. The molecule has 0 bridgehead atoms. The second kappa shape index (κ2) is 7.82. The van der Waals surface area contributed by atoms with Crippen LogP contribution >= 0.6 is 0 Å². The molecule has 1 aliphatic heterocycles. The van der Waals surface area contributed by atoms with Crippen molar-refractivity contribution in [3.8, 4) is 0 Å². The van der Waals surface area contributed by atoms with E-state index in [-0.39, 0.29) is 18.1 Å². The van der Waals surface area contributed by atoms with Gasteiger partial charge in [0, 0.05) is 6.42 Å². The number of aromatic nitrogens is 2. The first-order valence-electron chi connectivity index (χ1n) is 8.82. The van der Waals surface area contributed by atoms with Gasteiger partial charge in [-0.1, -0.05) is 20.8 Å². The lowest BCUT2D eigenvalue weighted by molar-refractivity contribution is -0.0389. The molecule has 0 aliphatic carbocycles. The number of nitrogen functional groups attached to an aromatic ring is 1. The number of hydrogen-bond donors (Lipinski definition) is 1. The highest BCUT2D eigenvalue weighted by molar-refractivity contribution is 7.86. The molecule has 1 aliphatic rings. The summed E-state index contributed by atoms with van der Waals surface area (Å²) in [6, 6.07) is 0. The van der Waals surface area contributed by atoms with Gasteiger partial charge in [0.2, 0.25) is 0 Å². The Bertz CT molecular complexity index is 883. The van der Waals surface area contributed by atoms with Crippen molar-refractivity contribution in [1.29, 1.82) is 0 Å². The van der Waals surface area contributed by atoms with E-state index in [9.17, 15) is 17.6 Å². The van der Waals surface area contributed by atoms with E-state index in [2.05, 4.69) is 38.8 Å². The Morgan fingerprint density at radius 3 is 2.57 bits per heavy atom. The average molecular weight is 438 g/mol. The van der Waals surface area contributed by atoms with Crippen molar-refractivity contribution in [2.45, 2.75) is 63.8 Å². The van der Waals surface area contributed by atoms with Crippen LogP contribution in [0.25, 0.3) is 0 Å². The van der Waals surface area contributed by atoms with Gasteiger partial charge in [0.1, 0.15) is 18.4 Å². The predicted molar refractivity (Wildman–Crippen MR) is 104 cm³/mol. The van der Waals surface area contributed by atoms with Crippen LogP contribution in [0.1, 0.15) is 33.4 Å². The summed E-state index contributed by atoms with van der Waals surface area (Å²) >= 11 is 0.